The Kier molecular flexibility index (Phi) is 1.91. The molecule has 0 spiro atoms. The van der Waals surface area contributed by atoms with Crippen LogP contribution >= 0.6 is 0 Å². The summed E-state index contributed by atoms with van der Waals surface area (Å²) in [6, 6.07) is 1.76. The van der Waals surface area contributed by atoms with Crippen LogP contribution in [-0.2, 0) is 18.3 Å². The van der Waals surface area contributed by atoms with Gasteiger partial charge in [-0.25, -0.2) is 0 Å². The Balaban J connectivity index is 3.46. The van der Waals surface area contributed by atoms with E-state index in [1.54, 1.807) is 6.07 Å². The molecule has 0 aliphatic rings. The van der Waals surface area contributed by atoms with Gasteiger partial charge in [-0.05, 0) is 0 Å². The second kappa shape index (κ2) is 2.59. The zero-order chi connectivity index (χ0) is 8.59. The molecular formula is C6H9N4Zn. The Morgan fingerprint density at radius 3 is 2.00 bits per heavy atom. The van der Waals surface area contributed by atoms with Crippen LogP contribution in [0, 0.1) is 0 Å². The number of hydrogen-bond donors (Lipinski definition) is 4. The van der Waals surface area contributed by atoms with E-state index in [0.717, 1.165) is 22.5 Å². The Morgan fingerprint density at radius 2 is 1.45 bits per heavy atom. The van der Waals surface area contributed by atoms with Gasteiger partial charge >= 0.3 is 74.2 Å². The Bertz CT molecular complexity index is 271. The minimum absolute atomic E-state index is 0.389. The van der Waals surface area contributed by atoms with Crippen molar-refractivity contribution in [3.63, 3.8) is 0 Å². The third-order valence-corrected chi connectivity index (χ3v) is 2.79. The molecule has 0 saturated carbocycles. The van der Waals surface area contributed by atoms with Gasteiger partial charge in [0.2, 0.25) is 0 Å². The van der Waals surface area contributed by atoms with E-state index in [2.05, 4.69) is 0 Å². The van der Waals surface area contributed by atoms with Crippen LogP contribution in [0.15, 0.2) is 6.07 Å². The van der Waals surface area contributed by atoms with E-state index in [9.17, 15) is 0 Å². The van der Waals surface area contributed by atoms with E-state index in [4.69, 9.17) is 22.9 Å². The van der Waals surface area contributed by atoms with E-state index in [1.165, 1.54) is 0 Å². The molecule has 0 aliphatic carbocycles. The predicted molar refractivity (Wildman–Crippen MR) is 43.7 cm³/mol. The third kappa shape index (κ3) is 1.24. The summed E-state index contributed by atoms with van der Waals surface area (Å²) in [5.41, 5.74) is 24.2. The van der Waals surface area contributed by atoms with Crippen LogP contribution in [0.2, 0.25) is 0 Å². The van der Waals surface area contributed by atoms with Crippen LogP contribution in [0.25, 0.3) is 0 Å². The van der Waals surface area contributed by atoms with Crippen molar-refractivity contribution >= 4 is 26.9 Å². The van der Waals surface area contributed by atoms with Gasteiger partial charge in [-0.15, -0.1) is 0 Å². The molecule has 0 bridgehead atoms. The topological polar surface area (TPSA) is 104 Å². The molecule has 0 heterocycles. The van der Waals surface area contributed by atoms with Crippen molar-refractivity contribution < 1.29 is 18.3 Å². The first-order valence-electron chi connectivity index (χ1n) is 3.09. The molecule has 55 valence electrons. The molecule has 0 radical (unpaired) electrons. The van der Waals surface area contributed by atoms with Gasteiger partial charge in [-0.1, -0.05) is 0 Å². The molecule has 0 aromatic heterocycles. The molecule has 11 heavy (non-hydrogen) atoms. The fraction of sp³-hybridized carbons (Fsp3) is 0. The third-order valence-electron chi connectivity index (χ3n) is 1.57. The number of hydrogen-bond acceptors (Lipinski definition) is 4. The van der Waals surface area contributed by atoms with Crippen LogP contribution in [-0.4, -0.2) is 0 Å². The van der Waals surface area contributed by atoms with Crippen molar-refractivity contribution in [3.8, 4) is 0 Å². The standard InChI is InChI=1S/C6H9N4.Zn/c7-3-1-2-4(8)6(10)5(3)9;/h1H,7-10H2;. The second-order valence-electron chi connectivity index (χ2n) is 2.37. The summed E-state index contributed by atoms with van der Waals surface area (Å²) in [6.07, 6.45) is 0. The Labute approximate surface area is 74.6 Å². The Morgan fingerprint density at radius 1 is 0.909 bits per heavy atom. The zero-order valence-electron chi connectivity index (χ0n) is 6.09. The van der Waals surface area contributed by atoms with Gasteiger partial charge in [0.25, 0.3) is 0 Å². The maximum atomic E-state index is 5.62. The van der Waals surface area contributed by atoms with E-state index in [1.807, 2.05) is 0 Å². The van der Waals surface area contributed by atoms with Crippen molar-refractivity contribution in [3.05, 3.63) is 6.07 Å². The molecule has 5 heteroatoms. The summed E-state index contributed by atoms with van der Waals surface area (Å²) in [6.45, 7) is 0. The number of nitrogens with two attached hydrogens (primary N) is 4. The minimum atomic E-state index is 0.389. The molecule has 4 nitrogen and oxygen atoms in total. The Hall–Kier alpha value is -0.957. The average molecular weight is 203 g/mol. The molecule has 8 N–H and O–H groups in total. The summed E-state index contributed by atoms with van der Waals surface area (Å²) < 4.78 is 0.981. The number of benzene rings is 1. The van der Waals surface area contributed by atoms with Crippen LogP contribution < -0.4 is 27.1 Å². The molecule has 0 amide bonds. The SMILES string of the molecule is Nc1c[c]([Zn])c(N)c(N)c1N. The molecule has 0 fully saturated rings. The average Bonchev–Trinajstić information content (AvgIpc) is 1.97. The number of rotatable bonds is 0. The van der Waals surface area contributed by atoms with Gasteiger partial charge in [-0.2, -0.15) is 0 Å². The van der Waals surface area contributed by atoms with Crippen molar-refractivity contribution in [1.82, 2.24) is 0 Å². The summed E-state index contributed by atoms with van der Waals surface area (Å²) in [5, 5.41) is 0. The van der Waals surface area contributed by atoms with Gasteiger partial charge in [0.15, 0.2) is 0 Å². The zero-order valence-corrected chi connectivity index (χ0v) is 9.06. The van der Waals surface area contributed by atoms with Crippen molar-refractivity contribution in [1.29, 1.82) is 0 Å². The summed E-state index contributed by atoms with van der Waals surface area (Å²) in [4.78, 5) is 0. The number of nitrogen functional groups attached to an aromatic ring is 4. The summed E-state index contributed by atoms with van der Waals surface area (Å²) in [5.74, 6) is 0. The fourth-order valence-corrected chi connectivity index (χ4v) is 1.68. The number of anilines is 4. The molecule has 0 aliphatic heterocycles. The van der Waals surface area contributed by atoms with Gasteiger partial charge in [0.05, 0.1) is 0 Å². The summed E-state index contributed by atoms with van der Waals surface area (Å²) >= 11 is 0.931. The van der Waals surface area contributed by atoms with Crippen molar-refractivity contribution in [2.45, 2.75) is 0 Å². The second-order valence-corrected chi connectivity index (χ2v) is 3.96. The molecule has 1 rings (SSSR count). The van der Waals surface area contributed by atoms with E-state index < -0.39 is 0 Å². The molecule has 0 atom stereocenters. The predicted octanol–water partition coefficient (Wildman–Crippen LogP) is -0.812. The molecular weight excluding hydrogens is 193 g/mol. The van der Waals surface area contributed by atoms with Crippen molar-refractivity contribution in [2.24, 2.45) is 0 Å². The van der Waals surface area contributed by atoms with Crippen molar-refractivity contribution in [2.75, 3.05) is 22.9 Å². The quantitative estimate of drug-likeness (QED) is 0.326. The maximum absolute atomic E-state index is 5.62. The van der Waals surface area contributed by atoms with Crippen LogP contribution in [0.3, 0.4) is 0 Å². The van der Waals surface area contributed by atoms with Gasteiger partial charge in [0.1, 0.15) is 0 Å². The first kappa shape index (κ1) is 8.14. The van der Waals surface area contributed by atoms with Gasteiger partial charge in [0, 0.05) is 0 Å². The molecule has 0 unspecified atom stereocenters. The van der Waals surface area contributed by atoms with E-state index in [0.29, 0.717) is 22.7 Å². The summed E-state index contributed by atoms with van der Waals surface area (Å²) in [7, 11) is 0. The fourth-order valence-electron chi connectivity index (χ4n) is 0.817. The normalized spacial score (nSPS) is 10.0. The first-order valence-corrected chi connectivity index (χ1v) is 4.57. The molecule has 1 aromatic carbocycles. The first-order chi connectivity index (χ1) is 5.04. The monoisotopic (exact) mass is 201 g/mol. The van der Waals surface area contributed by atoms with E-state index >= 15 is 0 Å². The van der Waals surface area contributed by atoms with Crippen LogP contribution in [0.1, 0.15) is 0 Å². The molecule has 1 aromatic rings. The molecule has 0 saturated heterocycles. The van der Waals surface area contributed by atoms with Gasteiger partial charge in [-0.3, -0.25) is 0 Å². The van der Waals surface area contributed by atoms with Crippen LogP contribution in [0.5, 0.6) is 0 Å². The van der Waals surface area contributed by atoms with Crippen LogP contribution in [0.4, 0.5) is 22.7 Å². The van der Waals surface area contributed by atoms with E-state index in [-0.39, 0.29) is 0 Å². The van der Waals surface area contributed by atoms with Gasteiger partial charge < -0.3 is 0 Å².